The lowest BCUT2D eigenvalue weighted by Crippen LogP contribution is -2.31. The fourth-order valence-corrected chi connectivity index (χ4v) is 5.62. The van der Waals surface area contributed by atoms with Gasteiger partial charge in [0.2, 0.25) is 10.0 Å². The Morgan fingerprint density at radius 1 is 1.29 bits per heavy atom. The number of halogens is 2. The summed E-state index contributed by atoms with van der Waals surface area (Å²) >= 11 is 6.84. The van der Waals surface area contributed by atoms with Crippen molar-refractivity contribution in [1.82, 2.24) is 9.71 Å². The second-order valence-corrected chi connectivity index (χ2v) is 9.76. The standard InChI is InChI=1S/C16H14ClFN2O2S2/c17-14-3-4-15(23-14)24(21,22)20-9-16(5-6-16)12-8-19-13-2-1-10(18)7-11(12)13/h1-4,7-8,19-20H,5-6,9H2. The van der Waals surface area contributed by atoms with E-state index >= 15 is 0 Å². The van der Waals surface area contributed by atoms with Gasteiger partial charge >= 0.3 is 0 Å². The summed E-state index contributed by atoms with van der Waals surface area (Å²) in [6.45, 7) is 0.286. The van der Waals surface area contributed by atoms with Crippen LogP contribution in [-0.4, -0.2) is 19.9 Å². The maximum absolute atomic E-state index is 13.6. The highest BCUT2D eigenvalue weighted by Crippen LogP contribution is 2.50. The summed E-state index contributed by atoms with van der Waals surface area (Å²) in [5.74, 6) is -0.298. The van der Waals surface area contributed by atoms with E-state index in [9.17, 15) is 12.8 Å². The summed E-state index contributed by atoms with van der Waals surface area (Å²) in [6, 6.07) is 7.66. The van der Waals surface area contributed by atoms with E-state index in [2.05, 4.69) is 9.71 Å². The molecule has 0 unspecified atom stereocenters. The van der Waals surface area contributed by atoms with Crippen LogP contribution in [0.1, 0.15) is 18.4 Å². The molecule has 4 rings (SSSR count). The molecule has 1 fully saturated rings. The van der Waals surface area contributed by atoms with E-state index < -0.39 is 10.0 Å². The summed E-state index contributed by atoms with van der Waals surface area (Å²) in [7, 11) is -3.59. The maximum atomic E-state index is 13.6. The second-order valence-electron chi connectivity index (χ2n) is 6.06. The first-order valence-corrected chi connectivity index (χ1v) is 10.1. The first-order chi connectivity index (χ1) is 11.4. The monoisotopic (exact) mass is 384 g/mol. The first kappa shape index (κ1) is 16.1. The molecular formula is C16H14ClFN2O2S2. The number of fused-ring (bicyclic) bond motifs is 1. The predicted octanol–water partition coefficient (Wildman–Crippen LogP) is 4.03. The normalized spacial score (nSPS) is 16.6. The Labute approximate surface area is 147 Å². The zero-order chi connectivity index (χ0) is 16.9. The first-order valence-electron chi connectivity index (χ1n) is 7.42. The lowest BCUT2D eigenvalue weighted by Gasteiger charge is -2.15. The summed E-state index contributed by atoms with van der Waals surface area (Å²) in [6.07, 6.45) is 3.59. The van der Waals surface area contributed by atoms with E-state index in [-0.39, 0.29) is 22.0 Å². The van der Waals surface area contributed by atoms with Crippen molar-refractivity contribution in [2.24, 2.45) is 0 Å². The van der Waals surface area contributed by atoms with Gasteiger partial charge in [0.15, 0.2) is 0 Å². The number of sulfonamides is 1. The third-order valence-corrected chi connectivity index (χ3v) is 7.61. The van der Waals surface area contributed by atoms with Crippen molar-refractivity contribution in [1.29, 1.82) is 0 Å². The average molecular weight is 385 g/mol. The van der Waals surface area contributed by atoms with Crippen LogP contribution in [0.15, 0.2) is 40.7 Å². The molecule has 24 heavy (non-hydrogen) atoms. The van der Waals surface area contributed by atoms with Gasteiger partial charge in [0, 0.05) is 29.1 Å². The van der Waals surface area contributed by atoms with E-state index in [0.717, 1.165) is 40.6 Å². The van der Waals surface area contributed by atoms with Gasteiger partial charge in [-0.1, -0.05) is 11.6 Å². The molecule has 1 aliphatic rings. The van der Waals surface area contributed by atoms with E-state index in [1.54, 1.807) is 12.1 Å². The summed E-state index contributed by atoms with van der Waals surface area (Å²) < 4.78 is 41.6. The zero-order valence-corrected chi connectivity index (χ0v) is 14.9. The molecule has 2 heterocycles. The predicted molar refractivity (Wildman–Crippen MR) is 93.7 cm³/mol. The number of nitrogens with one attached hydrogen (secondary N) is 2. The Hall–Kier alpha value is -1.41. The topological polar surface area (TPSA) is 62.0 Å². The molecule has 4 nitrogen and oxygen atoms in total. The Kier molecular flexibility index (Phi) is 3.72. The minimum atomic E-state index is -3.59. The second kappa shape index (κ2) is 5.56. The van der Waals surface area contributed by atoms with Crippen molar-refractivity contribution in [3.8, 4) is 0 Å². The number of aromatic amines is 1. The lowest BCUT2D eigenvalue weighted by atomic mass is 9.96. The van der Waals surface area contributed by atoms with Crippen LogP contribution in [0.5, 0.6) is 0 Å². The molecule has 0 atom stereocenters. The largest absolute Gasteiger partial charge is 0.361 e. The van der Waals surface area contributed by atoms with E-state index in [1.165, 1.54) is 18.2 Å². The van der Waals surface area contributed by atoms with Crippen molar-refractivity contribution in [3.63, 3.8) is 0 Å². The quantitative estimate of drug-likeness (QED) is 0.697. The number of H-pyrrole nitrogens is 1. The van der Waals surface area contributed by atoms with Crippen LogP contribution >= 0.6 is 22.9 Å². The van der Waals surface area contributed by atoms with Crippen molar-refractivity contribution in [3.05, 3.63) is 52.2 Å². The molecular weight excluding hydrogens is 371 g/mol. The molecule has 2 N–H and O–H groups in total. The number of hydrogen-bond acceptors (Lipinski definition) is 3. The molecule has 1 aliphatic carbocycles. The minimum absolute atomic E-state index is 0.202. The molecule has 8 heteroatoms. The Morgan fingerprint density at radius 2 is 2.08 bits per heavy atom. The SMILES string of the molecule is O=S(=O)(NCC1(c2c[nH]c3ccc(F)cc23)CC1)c1ccc(Cl)s1. The van der Waals surface area contributed by atoms with Crippen molar-refractivity contribution >= 4 is 43.9 Å². The molecule has 2 aromatic heterocycles. The molecule has 0 bridgehead atoms. The van der Waals surface area contributed by atoms with Crippen LogP contribution in [0.4, 0.5) is 4.39 Å². The summed E-state index contributed by atoms with van der Waals surface area (Å²) in [5.41, 5.74) is 1.54. The van der Waals surface area contributed by atoms with Gasteiger partial charge in [-0.3, -0.25) is 0 Å². The number of aromatic nitrogens is 1. The fraction of sp³-hybridized carbons (Fsp3) is 0.250. The van der Waals surface area contributed by atoms with Crippen molar-refractivity contribution in [2.75, 3.05) is 6.54 Å². The smallest absolute Gasteiger partial charge is 0.250 e. The van der Waals surface area contributed by atoms with Crippen LogP contribution < -0.4 is 4.72 Å². The molecule has 1 aromatic carbocycles. The van der Waals surface area contributed by atoms with Crippen LogP contribution in [0.3, 0.4) is 0 Å². The highest BCUT2D eigenvalue weighted by atomic mass is 35.5. The lowest BCUT2D eigenvalue weighted by molar-refractivity contribution is 0.569. The van der Waals surface area contributed by atoms with E-state index in [1.807, 2.05) is 6.20 Å². The number of hydrogen-bond donors (Lipinski definition) is 2. The fourth-order valence-electron chi connectivity index (χ4n) is 2.97. The highest BCUT2D eigenvalue weighted by Gasteiger charge is 2.46. The maximum Gasteiger partial charge on any atom is 0.250 e. The van der Waals surface area contributed by atoms with Crippen LogP contribution in [0, 0.1) is 5.82 Å². The molecule has 0 amide bonds. The van der Waals surface area contributed by atoms with Gasteiger partial charge < -0.3 is 4.98 Å². The van der Waals surface area contributed by atoms with Crippen molar-refractivity contribution < 1.29 is 12.8 Å². The van der Waals surface area contributed by atoms with Crippen molar-refractivity contribution in [2.45, 2.75) is 22.5 Å². The van der Waals surface area contributed by atoms with Crippen LogP contribution in [-0.2, 0) is 15.4 Å². The van der Waals surface area contributed by atoms with E-state index in [4.69, 9.17) is 11.6 Å². The molecule has 126 valence electrons. The molecule has 0 radical (unpaired) electrons. The highest BCUT2D eigenvalue weighted by molar-refractivity contribution is 7.91. The molecule has 0 saturated heterocycles. The Balaban J connectivity index is 1.61. The summed E-state index contributed by atoms with van der Waals surface area (Å²) in [5, 5.41) is 0.811. The average Bonchev–Trinajstić information content (AvgIpc) is 2.98. The molecule has 0 aliphatic heterocycles. The van der Waals surface area contributed by atoms with Gasteiger partial charge in [-0.25, -0.2) is 17.5 Å². The molecule has 3 aromatic rings. The number of thiophene rings is 1. The zero-order valence-electron chi connectivity index (χ0n) is 12.5. The van der Waals surface area contributed by atoms with E-state index in [0.29, 0.717) is 4.34 Å². The summed E-state index contributed by atoms with van der Waals surface area (Å²) in [4.78, 5) is 3.13. The number of rotatable bonds is 5. The Morgan fingerprint density at radius 3 is 2.75 bits per heavy atom. The van der Waals surface area contributed by atoms with Gasteiger partial charge in [-0.05, 0) is 48.7 Å². The molecule has 1 saturated carbocycles. The van der Waals surface area contributed by atoms with Gasteiger partial charge in [0.05, 0.1) is 4.34 Å². The third-order valence-electron chi connectivity index (χ3n) is 4.48. The minimum Gasteiger partial charge on any atom is -0.361 e. The number of benzene rings is 1. The van der Waals surface area contributed by atoms with Crippen LogP contribution in [0.2, 0.25) is 4.34 Å². The van der Waals surface area contributed by atoms with Gasteiger partial charge in [0.25, 0.3) is 0 Å². The van der Waals surface area contributed by atoms with Gasteiger partial charge in [-0.2, -0.15) is 0 Å². The van der Waals surface area contributed by atoms with Gasteiger partial charge in [0.1, 0.15) is 10.0 Å². The van der Waals surface area contributed by atoms with Gasteiger partial charge in [-0.15, -0.1) is 11.3 Å². The Bertz CT molecular complexity index is 1020. The third kappa shape index (κ3) is 2.75. The molecule has 0 spiro atoms. The van der Waals surface area contributed by atoms with Crippen LogP contribution in [0.25, 0.3) is 10.9 Å².